The maximum Gasteiger partial charge on any atom is 0.161 e. The summed E-state index contributed by atoms with van der Waals surface area (Å²) in [5, 5.41) is 8.14. The Hall–Kier alpha value is -1.29. The third-order valence-corrected chi connectivity index (χ3v) is 4.14. The Bertz CT molecular complexity index is 476. The zero-order chi connectivity index (χ0) is 15.2. The fraction of sp³-hybridized carbons (Fsp3) is 0.706. The molecule has 4 heteroatoms. The van der Waals surface area contributed by atoms with Gasteiger partial charge in [0.2, 0.25) is 0 Å². The average Bonchev–Trinajstić information content (AvgIpc) is 2.92. The van der Waals surface area contributed by atoms with Gasteiger partial charge in [0, 0.05) is 6.04 Å². The van der Waals surface area contributed by atoms with Gasteiger partial charge in [0.15, 0.2) is 5.75 Å². The van der Waals surface area contributed by atoms with Crippen molar-refractivity contribution in [2.75, 3.05) is 13.7 Å². The first-order valence-corrected chi connectivity index (χ1v) is 8.20. The number of rotatable bonds is 7. The normalized spacial score (nSPS) is 16.9. The number of allylic oxidation sites excluding steroid dienone is 1. The van der Waals surface area contributed by atoms with Gasteiger partial charge in [-0.05, 0) is 52.5 Å². The van der Waals surface area contributed by atoms with E-state index in [4.69, 9.17) is 4.74 Å². The van der Waals surface area contributed by atoms with Crippen molar-refractivity contribution in [1.29, 1.82) is 0 Å². The lowest BCUT2D eigenvalue weighted by atomic mass is 9.93. The molecule has 21 heavy (non-hydrogen) atoms. The molecule has 0 fully saturated rings. The van der Waals surface area contributed by atoms with Crippen molar-refractivity contribution in [2.24, 2.45) is 0 Å². The summed E-state index contributed by atoms with van der Waals surface area (Å²) in [6, 6.07) is 0.615. The van der Waals surface area contributed by atoms with E-state index in [0.29, 0.717) is 6.04 Å². The molecule has 4 nitrogen and oxygen atoms in total. The molecule has 1 atom stereocenters. The van der Waals surface area contributed by atoms with E-state index in [1.54, 1.807) is 12.7 Å². The summed E-state index contributed by atoms with van der Waals surface area (Å²) in [6.07, 6.45) is 10.5. The molecule has 1 aromatic rings. The number of hydrogen-bond acceptors (Lipinski definition) is 3. The summed E-state index contributed by atoms with van der Waals surface area (Å²) in [6.45, 7) is 7.44. The summed E-state index contributed by atoms with van der Waals surface area (Å²) in [5.74, 6) is 0.894. The predicted octanol–water partition coefficient (Wildman–Crippen LogP) is 4.01. The molecular formula is C17H29N3O. The van der Waals surface area contributed by atoms with Crippen LogP contribution in [0.2, 0.25) is 0 Å². The number of nitrogens with zero attached hydrogens (tertiary/aromatic N) is 2. The number of nitrogens with one attached hydrogen (secondary N) is 1. The van der Waals surface area contributed by atoms with Gasteiger partial charge in [-0.1, -0.05) is 18.6 Å². The second-order valence-electron chi connectivity index (χ2n) is 6.06. The van der Waals surface area contributed by atoms with Crippen LogP contribution in [0.15, 0.2) is 17.8 Å². The van der Waals surface area contributed by atoms with Crippen molar-refractivity contribution in [3.05, 3.63) is 23.5 Å². The van der Waals surface area contributed by atoms with E-state index in [1.807, 2.05) is 6.20 Å². The van der Waals surface area contributed by atoms with Crippen molar-refractivity contribution in [1.82, 2.24) is 15.1 Å². The lowest BCUT2D eigenvalue weighted by molar-refractivity contribution is 0.382. The van der Waals surface area contributed by atoms with Crippen LogP contribution in [0.3, 0.4) is 0 Å². The van der Waals surface area contributed by atoms with Crippen LogP contribution in [0.25, 0.3) is 0 Å². The molecule has 1 aliphatic carbocycles. The molecule has 0 aliphatic heterocycles. The van der Waals surface area contributed by atoms with Crippen molar-refractivity contribution < 1.29 is 4.74 Å². The van der Waals surface area contributed by atoms with Gasteiger partial charge < -0.3 is 10.1 Å². The van der Waals surface area contributed by atoms with Crippen molar-refractivity contribution in [3.8, 4) is 5.75 Å². The highest BCUT2D eigenvalue weighted by atomic mass is 16.5. The standard InChI is InChI=1S/C17H29N3O/c1-5-18-15(11-14-9-7-6-8-10-14)17-16(21-4)12-19-20(17)13(2)3/h9,12-13,15,18H,5-8,10-11H2,1-4H3. The molecule has 0 radical (unpaired) electrons. The largest absolute Gasteiger partial charge is 0.493 e. The van der Waals surface area contributed by atoms with E-state index in [9.17, 15) is 0 Å². The highest BCUT2D eigenvalue weighted by Gasteiger charge is 2.24. The molecule has 0 saturated carbocycles. The lowest BCUT2D eigenvalue weighted by Gasteiger charge is -2.24. The number of methoxy groups -OCH3 is 1. The SMILES string of the molecule is CCNC(CC1=CCCCC1)c1c(OC)cnn1C(C)C. The first kappa shape index (κ1) is 16.1. The quantitative estimate of drug-likeness (QED) is 0.771. The molecule has 1 N–H and O–H groups in total. The lowest BCUT2D eigenvalue weighted by Crippen LogP contribution is -2.25. The summed E-state index contributed by atoms with van der Waals surface area (Å²) < 4.78 is 7.64. The van der Waals surface area contributed by atoms with Crippen LogP contribution in [0.1, 0.15) is 70.7 Å². The molecule has 0 bridgehead atoms. The van der Waals surface area contributed by atoms with E-state index in [-0.39, 0.29) is 6.04 Å². The Labute approximate surface area is 128 Å². The predicted molar refractivity (Wildman–Crippen MR) is 86.7 cm³/mol. The molecule has 1 heterocycles. The Morgan fingerprint density at radius 1 is 1.38 bits per heavy atom. The van der Waals surface area contributed by atoms with Crippen LogP contribution in [0.5, 0.6) is 5.75 Å². The number of ether oxygens (including phenoxy) is 1. The summed E-state index contributed by atoms with van der Waals surface area (Å²) in [7, 11) is 1.73. The highest BCUT2D eigenvalue weighted by Crippen LogP contribution is 2.33. The van der Waals surface area contributed by atoms with Crippen LogP contribution in [-0.2, 0) is 0 Å². The zero-order valence-electron chi connectivity index (χ0n) is 13.9. The van der Waals surface area contributed by atoms with Gasteiger partial charge >= 0.3 is 0 Å². The smallest absolute Gasteiger partial charge is 0.161 e. The topological polar surface area (TPSA) is 39.1 Å². The number of aromatic nitrogens is 2. The maximum absolute atomic E-state index is 5.55. The van der Waals surface area contributed by atoms with Crippen LogP contribution < -0.4 is 10.1 Å². The molecule has 0 spiro atoms. The first-order chi connectivity index (χ1) is 10.2. The Kier molecular flexibility index (Phi) is 5.85. The van der Waals surface area contributed by atoms with Crippen molar-refractivity contribution in [3.63, 3.8) is 0 Å². The molecule has 1 unspecified atom stereocenters. The van der Waals surface area contributed by atoms with Gasteiger partial charge in [-0.25, -0.2) is 0 Å². The van der Waals surface area contributed by atoms with Gasteiger partial charge in [0.1, 0.15) is 0 Å². The molecule has 118 valence electrons. The van der Waals surface area contributed by atoms with Crippen molar-refractivity contribution in [2.45, 2.75) is 65.0 Å². The average molecular weight is 291 g/mol. The van der Waals surface area contributed by atoms with E-state index >= 15 is 0 Å². The van der Waals surface area contributed by atoms with Crippen molar-refractivity contribution >= 4 is 0 Å². The maximum atomic E-state index is 5.55. The molecule has 0 aromatic carbocycles. The second-order valence-corrected chi connectivity index (χ2v) is 6.06. The van der Waals surface area contributed by atoms with Gasteiger partial charge in [0.05, 0.1) is 25.0 Å². The van der Waals surface area contributed by atoms with Crippen LogP contribution in [-0.4, -0.2) is 23.4 Å². The molecule has 0 saturated heterocycles. The monoisotopic (exact) mass is 291 g/mol. The van der Waals surface area contributed by atoms with E-state index in [0.717, 1.165) is 18.7 Å². The minimum absolute atomic E-state index is 0.277. The third kappa shape index (κ3) is 3.88. The zero-order valence-corrected chi connectivity index (χ0v) is 13.9. The highest BCUT2D eigenvalue weighted by molar-refractivity contribution is 5.30. The minimum atomic E-state index is 0.277. The summed E-state index contributed by atoms with van der Waals surface area (Å²) >= 11 is 0. The third-order valence-electron chi connectivity index (χ3n) is 4.14. The Morgan fingerprint density at radius 2 is 2.19 bits per heavy atom. The molecule has 0 amide bonds. The minimum Gasteiger partial charge on any atom is -0.493 e. The van der Waals surface area contributed by atoms with Gasteiger partial charge in [-0.2, -0.15) is 5.10 Å². The first-order valence-electron chi connectivity index (χ1n) is 8.20. The van der Waals surface area contributed by atoms with E-state index < -0.39 is 0 Å². The second kappa shape index (κ2) is 7.64. The molecule has 1 aliphatic rings. The van der Waals surface area contributed by atoms with Gasteiger partial charge in [-0.3, -0.25) is 4.68 Å². The van der Waals surface area contributed by atoms with Gasteiger partial charge in [0.25, 0.3) is 0 Å². The summed E-state index contributed by atoms with van der Waals surface area (Å²) in [5.41, 5.74) is 2.76. The molecule has 2 rings (SSSR count). The van der Waals surface area contributed by atoms with Crippen LogP contribution in [0.4, 0.5) is 0 Å². The van der Waals surface area contributed by atoms with Crippen LogP contribution >= 0.6 is 0 Å². The fourth-order valence-corrected chi connectivity index (χ4v) is 3.12. The Morgan fingerprint density at radius 3 is 2.76 bits per heavy atom. The summed E-state index contributed by atoms with van der Waals surface area (Å²) in [4.78, 5) is 0. The van der Waals surface area contributed by atoms with Crippen LogP contribution in [0, 0.1) is 0 Å². The molecular weight excluding hydrogens is 262 g/mol. The Balaban J connectivity index is 2.28. The number of hydrogen-bond donors (Lipinski definition) is 1. The fourth-order valence-electron chi connectivity index (χ4n) is 3.12. The van der Waals surface area contributed by atoms with E-state index in [2.05, 4.69) is 41.9 Å². The van der Waals surface area contributed by atoms with E-state index in [1.165, 1.54) is 31.4 Å². The van der Waals surface area contributed by atoms with Gasteiger partial charge in [-0.15, -0.1) is 0 Å². The molecule has 1 aromatic heterocycles.